The maximum absolute atomic E-state index is 11.4. The summed E-state index contributed by atoms with van der Waals surface area (Å²) in [7, 11) is 1.48. The molecule has 0 spiro atoms. The normalized spacial score (nSPS) is 21.2. The Morgan fingerprint density at radius 3 is 2.67 bits per heavy atom. The van der Waals surface area contributed by atoms with Crippen LogP contribution in [0.1, 0.15) is 39.5 Å². The Bertz CT molecular complexity index is 242. The molecule has 4 nitrogen and oxygen atoms in total. The summed E-state index contributed by atoms with van der Waals surface area (Å²) in [6.07, 6.45) is 4.18. The van der Waals surface area contributed by atoms with Crippen molar-refractivity contribution in [2.24, 2.45) is 0 Å². The lowest BCUT2D eigenvalue weighted by molar-refractivity contribution is -0.142. The van der Waals surface area contributed by atoms with E-state index in [1.807, 2.05) is 0 Å². The van der Waals surface area contributed by atoms with Gasteiger partial charge in [-0.25, -0.2) is 0 Å². The molecule has 0 radical (unpaired) electrons. The molecular weight excluding hydrogens is 228 g/mol. The summed E-state index contributed by atoms with van der Waals surface area (Å²) in [5.74, 6) is -0.0743. The number of hydrogen-bond donors (Lipinski definition) is 0. The Balaban J connectivity index is 2.41. The van der Waals surface area contributed by atoms with Crippen LogP contribution >= 0.6 is 0 Å². The molecule has 18 heavy (non-hydrogen) atoms. The zero-order valence-corrected chi connectivity index (χ0v) is 12.2. The van der Waals surface area contributed by atoms with Gasteiger partial charge in [0.1, 0.15) is 0 Å². The number of nitrogens with zero attached hydrogens (tertiary/aromatic N) is 2. The van der Waals surface area contributed by atoms with E-state index < -0.39 is 0 Å². The van der Waals surface area contributed by atoms with Crippen molar-refractivity contribution in [3.05, 3.63) is 0 Å². The minimum Gasteiger partial charge on any atom is -0.469 e. The van der Waals surface area contributed by atoms with Gasteiger partial charge in [-0.2, -0.15) is 0 Å². The first-order valence-electron chi connectivity index (χ1n) is 7.24. The van der Waals surface area contributed by atoms with Crippen LogP contribution in [0.25, 0.3) is 0 Å². The molecule has 1 rings (SSSR count). The number of likely N-dealkylation sites (N-methyl/N-ethyl adjacent to an activating group) is 1. The first-order chi connectivity index (χ1) is 8.71. The Labute approximate surface area is 111 Å². The molecule has 0 amide bonds. The van der Waals surface area contributed by atoms with Gasteiger partial charge in [-0.15, -0.1) is 0 Å². The van der Waals surface area contributed by atoms with Crippen molar-refractivity contribution in [2.75, 3.05) is 39.8 Å². The molecular formula is C14H28N2O2. The van der Waals surface area contributed by atoms with Crippen molar-refractivity contribution >= 4 is 5.97 Å². The van der Waals surface area contributed by atoms with Crippen LogP contribution in [0.15, 0.2) is 0 Å². The Hall–Kier alpha value is -0.610. The molecule has 0 aromatic heterocycles. The molecule has 0 aromatic rings. The van der Waals surface area contributed by atoms with Crippen LogP contribution in [0.5, 0.6) is 0 Å². The molecule has 4 heteroatoms. The third-order valence-corrected chi connectivity index (χ3v) is 3.98. The van der Waals surface area contributed by atoms with Gasteiger partial charge in [0.25, 0.3) is 0 Å². The predicted molar refractivity (Wildman–Crippen MR) is 73.6 cm³/mol. The number of carbonyl (C=O) groups is 1. The highest BCUT2D eigenvalue weighted by molar-refractivity contribution is 5.69. The highest BCUT2D eigenvalue weighted by atomic mass is 16.5. The van der Waals surface area contributed by atoms with E-state index in [1.165, 1.54) is 20.0 Å². The highest BCUT2D eigenvalue weighted by Gasteiger charge is 2.24. The van der Waals surface area contributed by atoms with Crippen LogP contribution in [0.2, 0.25) is 0 Å². The Kier molecular flexibility index (Phi) is 7.28. The fourth-order valence-electron chi connectivity index (χ4n) is 2.67. The first-order valence-corrected chi connectivity index (χ1v) is 7.24. The van der Waals surface area contributed by atoms with Crippen LogP contribution in [-0.4, -0.2) is 61.6 Å². The van der Waals surface area contributed by atoms with Crippen LogP contribution in [0.3, 0.4) is 0 Å². The molecule has 0 N–H and O–H groups in total. The molecule has 1 unspecified atom stereocenters. The minimum absolute atomic E-state index is 0.0743. The standard InChI is InChI=1S/C14H28N2O2/c1-4-15(5-2)10-11-16-9-7-6-8-13(16)12-14(17)18-3/h13H,4-12H2,1-3H3. The SMILES string of the molecule is CCN(CC)CCN1CCCCC1CC(=O)OC. The van der Waals surface area contributed by atoms with Crippen molar-refractivity contribution < 1.29 is 9.53 Å². The quantitative estimate of drug-likeness (QED) is 0.650. The summed E-state index contributed by atoms with van der Waals surface area (Å²) >= 11 is 0. The van der Waals surface area contributed by atoms with E-state index in [9.17, 15) is 4.79 Å². The van der Waals surface area contributed by atoms with Gasteiger partial charge in [-0.05, 0) is 32.5 Å². The molecule has 1 saturated heterocycles. The summed E-state index contributed by atoms with van der Waals surface area (Å²) in [5.41, 5.74) is 0. The van der Waals surface area contributed by atoms with Gasteiger partial charge < -0.3 is 9.64 Å². The van der Waals surface area contributed by atoms with Gasteiger partial charge in [-0.3, -0.25) is 9.69 Å². The van der Waals surface area contributed by atoms with E-state index in [2.05, 4.69) is 23.6 Å². The minimum atomic E-state index is -0.0743. The largest absolute Gasteiger partial charge is 0.469 e. The number of hydrogen-bond acceptors (Lipinski definition) is 4. The van der Waals surface area contributed by atoms with Gasteiger partial charge in [0.2, 0.25) is 0 Å². The second-order valence-electron chi connectivity index (χ2n) is 4.99. The van der Waals surface area contributed by atoms with Gasteiger partial charge in [-0.1, -0.05) is 20.3 Å². The van der Waals surface area contributed by atoms with E-state index >= 15 is 0 Å². The van der Waals surface area contributed by atoms with Gasteiger partial charge in [0.15, 0.2) is 0 Å². The fourth-order valence-corrected chi connectivity index (χ4v) is 2.67. The summed E-state index contributed by atoms with van der Waals surface area (Å²) in [4.78, 5) is 16.3. The average molecular weight is 256 g/mol. The smallest absolute Gasteiger partial charge is 0.307 e. The monoisotopic (exact) mass is 256 g/mol. The zero-order valence-electron chi connectivity index (χ0n) is 12.2. The van der Waals surface area contributed by atoms with Crippen LogP contribution in [-0.2, 0) is 9.53 Å². The molecule has 1 aliphatic heterocycles. The molecule has 0 aromatic carbocycles. The lowest BCUT2D eigenvalue weighted by Gasteiger charge is -2.36. The van der Waals surface area contributed by atoms with Crippen molar-refractivity contribution in [3.8, 4) is 0 Å². The number of rotatable bonds is 7. The topological polar surface area (TPSA) is 32.8 Å². The van der Waals surface area contributed by atoms with Gasteiger partial charge in [0.05, 0.1) is 13.5 Å². The number of esters is 1. The maximum Gasteiger partial charge on any atom is 0.307 e. The Morgan fingerprint density at radius 2 is 2.06 bits per heavy atom. The number of ether oxygens (including phenoxy) is 1. The van der Waals surface area contributed by atoms with Gasteiger partial charge in [0, 0.05) is 19.1 Å². The highest BCUT2D eigenvalue weighted by Crippen LogP contribution is 2.19. The van der Waals surface area contributed by atoms with E-state index in [4.69, 9.17) is 4.74 Å². The molecule has 0 bridgehead atoms. The number of methoxy groups -OCH3 is 1. The third-order valence-electron chi connectivity index (χ3n) is 3.98. The van der Waals surface area contributed by atoms with Crippen molar-refractivity contribution in [2.45, 2.75) is 45.6 Å². The summed E-state index contributed by atoms with van der Waals surface area (Å²) in [5, 5.41) is 0. The maximum atomic E-state index is 11.4. The number of likely N-dealkylation sites (tertiary alicyclic amines) is 1. The predicted octanol–water partition coefficient (Wildman–Crippen LogP) is 1.75. The molecule has 0 aliphatic carbocycles. The first kappa shape index (κ1) is 15.4. The van der Waals surface area contributed by atoms with Crippen LogP contribution in [0.4, 0.5) is 0 Å². The zero-order chi connectivity index (χ0) is 13.4. The number of carbonyl (C=O) groups excluding carboxylic acids is 1. The molecule has 106 valence electrons. The van der Waals surface area contributed by atoms with E-state index in [-0.39, 0.29) is 5.97 Å². The lowest BCUT2D eigenvalue weighted by atomic mass is 9.99. The van der Waals surface area contributed by atoms with E-state index in [0.29, 0.717) is 12.5 Å². The summed E-state index contributed by atoms with van der Waals surface area (Å²) < 4.78 is 4.79. The van der Waals surface area contributed by atoms with Crippen molar-refractivity contribution in [1.29, 1.82) is 0 Å². The van der Waals surface area contributed by atoms with Crippen LogP contribution < -0.4 is 0 Å². The molecule has 1 heterocycles. The molecule has 1 aliphatic rings. The van der Waals surface area contributed by atoms with Gasteiger partial charge >= 0.3 is 5.97 Å². The summed E-state index contributed by atoms with van der Waals surface area (Å²) in [6.45, 7) is 9.91. The van der Waals surface area contributed by atoms with Crippen molar-refractivity contribution in [3.63, 3.8) is 0 Å². The molecule has 1 fully saturated rings. The second-order valence-corrected chi connectivity index (χ2v) is 4.99. The lowest BCUT2D eigenvalue weighted by Crippen LogP contribution is -2.44. The Morgan fingerprint density at radius 1 is 1.33 bits per heavy atom. The average Bonchev–Trinajstić information content (AvgIpc) is 2.41. The fraction of sp³-hybridized carbons (Fsp3) is 0.929. The number of piperidine rings is 1. The van der Waals surface area contributed by atoms with Crippen LogP contribution in [0, 0.1) is 0 Å². The molecule has 1 atom stereocenters. The van der Waals surface area contributed by atoms with E-state index in [1.54, 1.807) is 0 Å². The van der Waals surface area contributed by atoms with E-state index in [0.717, 1.165) is 39.1 Å². The summed E-state index contributed by atoms with van der Waals surface area (Å²) in [6, 6.07) is 0.391. The third kappa shape index (κ3) is 4.94. The van der Waals surface area contributed by atoms with Crippen molar-refractivity contribution in [1.82, 2.24) is 9.80 Å². The molecule has 0 saturated carbocycles. The second kappa shape index (κ2) is 8.48.